The number of ether oxygens (including phenoxy) is 1. The Hall–Kier alpha value is -0.550. The van der Waals surface area contributed by atoms with Gasteiger partial charge in [-0.3, -0.25) is 0 Å². The van der Waals surface area contributed by atoms with Gasteiger partial charge in [-0.25, -0.2) is 0 Å². The maximum Gasteiger partial charge on any atom is 0.0652 e. The third-order valence-corrected chi connectivity index (χ3v) is 1.63. The van der Waals surface area contributed by atoms with Crippen LogP contribution >= 0.6 is 0 Å². The standard InChI is InChI=1S/C8H15NO/c1-7(6-9)4-5-8(2)10-3/h7-8H,4-5H2,1-3H3. The maximum absolute atomic E-state index is 8.43. The van der Waals surface area contributed by atoms with Gasteiger partial charge in [-0.05, 0) is 26.7 Å². The van der Waals surface area contributed by atoms with E-state index in [1.54, 1.807) is 7.11 Å². The summed E-state index contributed by atoms with van der Waals surface area (Å²) in [7, 11) is 1.70. The molecule has 0 radical (unpaired) electrons. The first-order valence-corrected chi connectivity index (χ1v) is 3.63. The third kappa shape index (κ3) is 4.34. The summed E-state index contributed by atoms with van der Waals surface area (Å²) in [6.45, 7) is 3.95. The molecule has 2 atom stereocenters. The fourth-order valence-electron chi connectivity index (χ4n) is 0.667. The van der Waals surface area contributed by atoms with Crippen LogP contribution in [0.5, 0.6) is 0 Å². The molecule has 0 aliphatic heterocycles. The van der Waals surface area contributed by atoms with Gasteiger partial charge >= 0.3 is 0 Å². The van der Waals surface area contributed by atoms with Crippen LogP contribution < -0.4 is 0 Å². The number of hydrogen-bond acceptors (Lipinski definition) is 2. The van der Waals surface area contributed by atoms with Crippen LogP contribution in [0.4, 0.5) is 0 Å². The molecule has 0 aromatic heterocycles. The van der Waals surface area contributed by atoms with E-state index in [-0.39, 0.29) is 12.0 Å². The third-order valence-electron chi connectivity index (χ3n) is 1.63. The van der Waals surface area contributed by atoms with Crippen molar-refractivity contribution in [2.75, 3.05) is 7.11 Å². The Balaban J connectivity index is 3.28. The van der Waals surface area contributed by atoms with Crippen LogP contribution in [0, 0.1) is 17.2 Å². The summed E-state index contributed by atoms with van der Waals surface area (Å²) in [6.07, 6.45) is 2.20. The highest BCUT2D eigenvalue weighted by Gasteiger charge is 2.03. The Bertz CT molecular complexity index is 117. The van der Waals surface area contributed by atoms with Crippen molar-refractivity contribution in [3.8, 4) is 6.07 Å². The van der Waals surface area contributed by atoms with Crippen molar-refractivity contribution in [1.29, 1.82) is 5.26 Å². The molecule has 2 heteroatoms. The number of nitriles is 1. The van der Waals surface area contributed by atoms with Gasteiger partial charge in [0.05, 0.1) is 12.2 Å². The van der Waals surface area contributed by atoms with Crippen LogP contribution in [-0.2, 0) is 4.74 Å². The van der Waals surface area contributed by atoms with Crippen LogP contribution in [0.3, 0.4) is 0 Å². The summed E-state index contributed by atoms with van der Waals surface area (Å²) < 4.78 is 5.04. The Morgan fingerprint density at radius 1 is 1.40 bits per heavy atom. The van der Waals surface area contributed by atoms with Crippen molar-refractivity contribution in [2.24, 2.45) is 5.92 Å². The minimum atomic E-state index is 0.164. The normalized spacial score (nSPS) is 15.8. The second-order valence-corrected chi connectivity index (χ2v) is 2.65. The molecular weight excluding hydrogens is 126 g/mol. The first-order valence-electron chi connectivity index (χ1n) is 3.63. The highest BCUT2D eigenvalue weighted by molar-refractivity contribution is 4.78. The van der Waals surface area contributed by atoms with Gasteiger partial charge in [-0.15, -0.1) is 0 Å². The Kier molecular flexibility index (Phi) is 4.96. The molecule has 58 valence electrons. The molecule has 0 saturated carbocycles. The Morgan fingerprint density at radius 3 is 2.40 bits per heavy atom. The molecule has 0 fully saturated rings. The SMILES string of the molecule is COC(C)CCC(C)C#N. The molecule has 0 heterocycles. The maximum atomic E-state index is 8.43. The quantitative estimate of drug-likeness (QED) is 0.599. The van der Waals surface area contributed by atoms with Crippen LogP contribution in [-0.4, -0.2) is 13.2 Å². The monoisotopic (exact) mass is 141 g/mol. The molecular formula is C8H15NO. The predicted molar refractivity (Wildman–Crippen MR) is 40.5 cm³/mol. The molecule has 0 saturated heterocycles. The first-order chi connectivity index (χ1) is 4.70. The van der Waals surface area contributed by atoms with E-state index in [9.17, 15) is 0 Å². The highest BCUT2D eigenvalue weighted by atomic mass is 16.5. The van der Waals surface area contributed by atoms with E-state index < -0.39 is 0 Å². The van der Waals surface area contributed by atoms with Gasteiger partial charge < -0.3 is 4.74 Å². The van der Waals surface area contributed by atoms with Gasteiger partial charge in [0.25, 0.3) is 0 Å². The van der Waals surface area contributed by atoms with Gasteiger partial charge in [0.1, 0.15) is 0 Å². The number of methoxy groups -OCH3 is 1. The van der Waals surface area contributed by atoms with Gasteiger partial charge in [0.2, 0.25) is 0 Å². The summed E-state index contributed by atoms with van der Waals surface area (Å²) in [6, 6.07) is 2.19. The Morgan fingerprint density at radius 2 is 2.00 bits per heavy atom. The van der Waals surface area contributed by atoms with E-state index >= 15 is 0 Å². The second kappa shape index (κ2) is 5.25. The van der Waals surface area contributed by atoms with E-state index in [1.807, 2.05) is 13.8 Å². The summed E-state index contributed by atoms with van der Waals surface area (Å²) in [5, 5.41) is 8.43. The molecule has 0 aromatic carbocycles. The zero-order valence-corrected chi connectivity index (χ0v) is 6.92. The van der Waals surface area contributed by atoms with E-state index in [2.05, 4.69) is 6.07 Å². The molecule has 0 N–H and O–H groups in total. The van der Waals surface area contributed by atoms with Gasteiger partial charge in [0.15, 0.2) is 0 Å². The molecule has 0 aliphatic carbocycles. The van der Waals surface area contributed by atoms with Crippen LogP contribution in [0.15, 0.2) is 0 Å². The lowest BCUT2D eigenvalue weighted by Gasteiger charge is -2.08. The molecule has 0 amide bonds. The fourth-order valence-corrected chi connectivity index (χ4v) is 0.667. The summed E-state index contributed by atoms with van der Waals surface area (Å²) >= 11 is 0. The lowest BCUT2D eigenvalue weighted by atomic mass is 10.1. The summed E-state index contributed by atoms with van der Waals surface area (Å²) in [5.74, 6) is 0.164. The molecule has 0 rings (SSSR count). The molecule has 0 bridgehead atoms. The number of nitrogens with zero attached hydrogens (tertiary/aromatic N) is 1. The smallest absolute Gasteiger partial charge is 0.0652 e. The molecule has 0 spiro atoms. The van der Waals surface area contributed by atoms with Crippen LogP contribution in [0.2, 0.25) is 0 Å². The highest BCUT2D eigenvalue weighted by Crippen LogP contribution is 2.07. The average Bonchev–Trinajstić information content (AvgIpc) is 1.99. The minimum Gasteiger partial charge on any atom is -0.382 e. The lowest BCUT2D eigenvalue weighted by molar-refractivity contribution is 0.107. The topological polar surface area (TPSA) is 33.0 Å². The number of hydrogen-bond donors (Lipinski definition) is 0. The van der Waals surface area contributed by atoms with E-state index in [0.717, 1.165) is 12.8 Å². The zero-order valence-electron chi connectivity index (χ0n) is 6.92. The second-order valence-electron chi connectivity index (χ2n) is 2.65. The Labute approximate surface area is 62.8 Å². The van der Waals surface area contributed by atoms with Crippen molar-refractivity contribution >= 4 is 0 Å². The van der Waals surface area contributed by atoms with Crippen molar-refractivity contribution in [2.45, 2.75) is 32.8 Å². The molecule has 2 unspecified atom stereocenters. The fraction of sp³-hybridized carbons (Fsp3) is 0.875. The number of rotatable bonds is 4. The van der Waals surface area contributed by atoms with Crippen molar-refractivity contribution in [3.05, 3.63) is 0 Å². The van der Waals surface area contributed by atoms with E-state index in [4.69, 9.17) is 10.00 Å². The molecule has 10 heavy (non-hydrogen) atoms. The largest absolute Gasteiger partial charge is 0.382 e. The van der Waals surface area contributed by atoms with Crippen molar-refractivity contribution < 1.29 is 4.74 Å². The average molecular weight is 141 g/mol. The predicted octanol–water partition coefficient (Wildman–Crippen LogP) is 1.96. The first kappa shape index (κ1) is 9.45. The van der Waals surface area contributed by atoms with Crippen molar-refractivity contribution in [1.82, 2.24) is 0 Å². The van der Waals surface area contributed by atoms with E-state index in [1.165, 1.54) is 0 Å². The molecule has 0 aromatic rings. The van der Waals surface area contributed by atoms with E-state index in [0.29, 0.717) is 0 Å². The summed E-state index contributed by atoms with van der Waals surface area (Å²) in [5.41, 5.74) is 0. The van der Waals surface area contributed by atoms with Gasteiger partial charge in [-0.2, -0.15) is 5.26 Å². The molecule has 2 nitrogen and oxygen atoms in total. The van der Waals surface area contributed by atoms with Gasteiger partial charge in [0, 0.05) is 13.0 Å². The minimum absolute atomic E-state index is 0.164. The van der Waals surface area contributed by atoms with Crippen LogP contribution in [0.25, 0.3) is 0 Å². The summed E-state index contributed by atoms with van der Waals surface area (Å²) in [4.78, 5) is 0. The zero-order chi connectivity index (χ0) is 7.98. The van der Waals surface area contributed by atoms with Gasteiger partial charge in [-0.1, -0.05) is 0 Å². The lowest BCUT2D eigenvalue weighted by Crippen LogP contribution is -2.06. The van der Waals surface area contributed by atoms with Crippen LogP contribution in [0.1, 0.15) is 26.7 Å². The molecule has 0 aliphatic rings. The van der Waals surface area contributed by atoms with Crippen molar-refractivity contribution in [3.63, 3.8) is 0 Å².